The maximum absolute atomic E-state index is 13.5. The first-order valence-corrected chi connectivity index (χ1v) is 7.92. The van der Waals surface area contributed by atoms with Crippen LogP contribution in [-0.4, -0.2) is 21.6 Å². The van der Waals surface area contributed by atoms with Gasteiger partial charge in [-0.05, 0) is 24.3 Å². The average Bonchev–Trinajstić information content (AvgIpc) is 2.54. The van der Waals surface area contributed by atoms with Gasteiger partial charge >= 0.3 is 0 Å². The van der Waals surface area contributed by atoms with Gasteiger partial charge in [0.15, 0.2) is 0 Å². The predicted molar refractivity (Wildman–Crippen MR) is 77.6 cm³/mol. The first-order valence-electron chi connectivity index (χ1n) is 6.48. The van der Waals surface area contributed by atoms with Crippen LogP contribution in [0.5, 0.6) is 5.75 Å². The van der Waals surface area contributed by atoms with Crippen molar-refractivity contribution < 1.29 is 17.5 Å². The Balaban J connectivity index is 2.16. The van der Waals surface area contributed by atoms with Gasteiger partial charge in [-0.25, -0.2) is 12.8 Å². The van der Waals surface area contributed by atoms with Gasteiger partial charge in [-0.3, -0.25) is 4.31 Å². The van der Waals surface area contributed by atoms with E-state index in [1.165, 1.54) is 24.3 Å². The Bertz CT molecular complexity index is 875. The molecule has 3 rings (SSSR count). The topological polar surface area (TPSA) is 70.4 Å². The summed E-state index contributed by atoms with van der Waals surface area (Å²) in [7, 11) is -3.97. The highest BCUT2D eigenvalue weighted by atomic mass is 32.2. The van der Waals surface area contributed by atoms with E-state index < -0.39 is 15.8 Å². The zero-order valence-corrected chi connectivity index (χ0v) is 12.2. The molecule has 0 radical (unpaired) electrons. The molecule has 0 aliphatic carbocycles. The van der Waals surface area contributed by atoms with E-state index in [1.807, 2.05) is 6.07 Å². The molecule has 0 bridgehead atoms. The minimum absolute atomic E-state index is 0.0481. The summed E-state index contributed by atoms with van der Waals surface area (Å²) in [4.78, 5) is -0.102. The monoisotopic (exact) mass is 318 g/mol. The number of nitrogens with zero attached hydrogens (tertiary/aromatic N) is 2. The van der Waals surface area contributed by atoms with Gasteiger partial charge in [0.1, 0.15) is 29.1 Å². The van der Waals surface area contributed by atoms with E-state index in [0.717, 1.165) is 10.4 Å². The maximum Gasteiger partial charge on any atom is 0.265 e. The molecule has 0 N–H and O–H groups in total. The summed E-state index contributed by atoms with van der Waals surface area (Å²) in [6.07, 6.45) is 0. The zero-order valence-electron chi connectivity index (χ0n) is 11.4. The number of rotatable bonds is 2. The van der Waals surface area contributed by atoms with E-state index in [2.05, 4.69) is 0 Å². The van der Waals surface area contributed by atoms with E-state index in [-0.39, 0.29) is 29.3 Å². The van der Waals surface area contributed by atoms with Crippen LogP contribution in [0.3, 0.4) is 0 Å². The van der Waals surface area contributed by atoms with Gasteiger partial charge < -0.3 is 4.74 Å². The van der Waals surface area contributed by atoms with Crippen molar-refractivity contribution in [2.45, 2.75) is 4.90 Å². The molecule has 0 saturated carbocycles. The van der Waals surface area contributed by atoms with Gasteiger partial charge in [-0.2, -0.15) is 5.26 Å². The van der Waals surface area contributed by atoms with Crippen LogP contribution in [0.15, 0.2) is 47.4 Å². The molecule has 22 heavy (non-hydrogen) atoms. The first-order chi connectivity index (χ1) is 10.5. The lowest BCUT2D eigenvalue weighted by atomic mass is 10.2. The lowest BCUT2D eigenvalue weighted by molar-refractivity contribution is 0.315. The molecule has 0 saturated heterocycles. The number of hydrogen-bond donors (Lipinski definition) is 0. The average molecular weight is 318 g/mol. The van der Waals surface area contributed by atoms with Gasteiger partial charge in [0.25, 0.3) is 10.0 Å². The van der Waals surface area contributed by atoms with Gasteiger partial charge in [-0.1, -0.05) is 12.1 Å². The van der Waals surface area contributed by atoms with Crippen LogP contribution in [0, 0.1) is 17.1 Å². The lowest BCUT2D eigenvalue weighted by Crippen LogP contribution is -2.38. The van der Waals surface area contributed by atoms with Crippen molar-refractivity contribution in [3.05, 3.63) is 53.8 Å². The third-order valence-electron chi connectivity index (χ3n) is 3.32. The summed E-state index contributed by atoms with van der Waals surface area (Å²) >= 11 is 0. The second-order valence-electron chi connectivity index (χ2n) is 4.65. The van der Waals surface area contributed by atoms with Crippen LogP contribution in [0.2, 0.25) is 0 Å². The number of sulfonamides is 1. The number of ether oxygens (including phenoxy) is 1. The SMILES string of the molecule is N#Cc1ccccc1S(=O)(=O)N1CCOc2ccc(F)cc21. The first kappa shape index (κ1) is 14.4. The largest absolute Gasteiger partial charge is 0.489 e. The van der Waals surface area contributed by atoms with E-state index in [4.69, 9.17) is 10.00 Å². The molecule has 2 aromatic rings. The number of halogens is 1. The molecule has 7 heteroatoms. The normalized spacial score (nSPS) is 13.9. The highest BCUT2D eigenvalue weighted by Gasteiger charge is 2.32. The van der Waals surface area contributed by atoms with Crippen molar-refractivity contribution >= 4 is 15.7 Å². The van der Waals surface area contributed by atoms with Crippen molar-refractivity contribution in [2.24, 2.45) is 0 Å². The summed E-state index contributed by atoms with van der Waals surface area (Å²) in [6.45, 7) is 0.213. The van der Waals surface area contributed by atoms with E-state index in [1.54, 1.807) is 12.1 Å². The molecule has 1 heterocycles. The van der Waals surface area contributed by atoms with Crippen LogP contribution < -0.4 is 9.04 Å². The maximum atomic E-state index is 13.5. The molecule has 0 aromatic heterocycles. The summed E-state index contributed by atoms with van der Waals surface area (Å²) in [5.41, 5.74) is 0.186. The van der Waals surface area contributed by atoms with Crippen LogP contribution in [0.25, 0.3) is 0 Å². The molecule has 0 atom stereocenters. The smallest absolute Gasteiger partial charge is 0.265 e. The van der Waals surface area contributed by atoms with E-state index in [9.17, 15) is 12.8 Å². The third-order valence-corrected chi connectivity index (χ3v) is 5.19. The zero-order chi connectivity index (χ0) is 15.7. The highest BCUT2D eigenvalue weighted by Crippen LogP contribution is 2.36. The van der Waals surface area contributed by atoms with E-state index >= 15 is 0 Å². The van der Waals surface area contributed by atoms with Gasteiger partial charge in [0.05, 0.1) is 17.8 Å². The standard InChI is InChI=1S/C15H11FN2O3S/c16-12-5-6-14-13(9-12)18(7-8-21-14)22(19,20)15-4-2-1-3-11(15)10-17/h1-6,9H,7-8H2. The lowest BCUT2D eigenvalue weighted by Gasteiger charge is -2.30. The Kier molecular flexibility index (Phi) is 3.47. The Morgan fingerprint density at radius 3 is 2.77 bits per heavy atom. The Labute approximate surface area is 127 Å². The minimum Gasteiger partial charge on any atom is -0.489 e. The Hall–Kier alpha value is -2.59. The second-order valence-corrected chi connectivity index (χ2v) is 6.48. The van der Waals surface area contributed by atoms with Gasteiger partial charge in [0, 0.05) is 6.07 Å². The summed E-state index contributed by atoms with van der Waals surface area (Å²) in [6, 6.07) is 11.5. The fraction of sp³-hybridized carbons (Fsp3) is 0.133. The van der Waals surface area contributed by atoms with E-state index in [0.29, 0.717) is 5.75 Å². The molecule has 1 aliphatic heterocycles. The Morgan fingerprint density at radius 2 is 2.00 bits per heavy atom. The number of hydrogen-bond acceptors (Lipinski definition) is 4. The molecular formula is C15H11FN2O3S. The van der Waals surface area contributed by atoms with Crippen LogP contribution in [0.4, 0.5) is 10.1 Å². The summed E-state index contributed by atoms with van der Waals surface area (Å²) in [5.74, 6) is -0.260. The second kappa shape index (κ2) is 5.31. The molecule has 0 spiro atoms. The van der Waals surface area contributed by atoms with Crippen molar-refractivity contribution in [3.63, 3.8) is 0 Å². The molecule has 0 unspecified atom stereocenters. The summed E-state index contributed by atoms with van der Waals surface area (Å²) < 4.78 is 45.6. The molecule has 5 nitrogen and oxygen atoms in total. The fourth-order valence-electron chi connectivity index (χ4n) is 2.32. The highest BCUT2D eigenvalue weighted by molar-refractivity contribution is 7.93. The molecule has 0 amide bonds. The van der Waals surface area contributed by atoms with Crippen LogP contribution >= 0.6 is 0 Å². The quantitative estimate of drug-likeness (QED) is 0.852. The fourth-order valence-corrected chi connectivity index (χ4v) is 3.91. The van der Waals surface area contributed by atoms with Crippen molar-refractivity contribution in [3.8, 4) is 11.8 Å². The predicted octanol–water partition coefficient (Wildman–Crippen LogP) is 2.29. The molecule has 1 aliphatic rings. The molecule has 2 aromatic carbocycles. The van der Waals surface area contributed by atoms with Gasteiger partial charge in [-0.15, -0.1) is 0 Å². The van der Waals surface area contributed by atoms with Crippen LogP contribution in [-0.2, 0) is 10.0 Å². The number of fused-ring (bicyclic) bond motifs is 1. The van der Waals surface area contributed by atoms with Crippen LogP contribution in [0.1, 0.15) is 5.56 Å². The van der Waals surface area contributed by atoms with Crippen molar-refractivity contribution in [1.82, 2.24) is 0 Å². The minimum atomic E-state index is -3.97. The van der Waals surface area contributed by atoms with Gasteiger partial charge in [0.2, 0.25) is 0 Å². The number of nitriles is 1. The Morgan fingerprint density at radius 1 is 1.23 bits per heavy atom. The number of anilines is 1. The number of benzene rings is 2. The van der Waals surface area contributed by atoms with Crippen molar-refractivity contribution in [2.75, 3.05) is 17.5 Å². The molecular weight excluding hydrogens is 307 g/mol. The molecule has 112 valence electrons. The van der Waals surface area contributed by atoms with Crippen molar-refractivity contribution in [1.29, 1.82) is 5.26 Å². The third kappa shape index (κ3) is 2.27. The molecule has 0 fully saturated rings. The summed E-state index contributed by atoms with van der Waals surface area (Å²) in [5, 5.41) is 9.10.